The second-order valence-electron chi connectivity index (χ2n) is 4.27. The molecule has 0 saturated carbocycles. The van der Waals surface area contributed by atoms with Gasteiger partial charge in [-0.1, -0.05) is 40.7 Å². The van der Waals surface area contributed by atoms with Gasteiger partial charge in [-0.15, -0.1) is 5.10 Å². The smallest absolute Gasteiger partial charge is 0.696 e. The zero-order valence-corrected chi connectivity index (χ0v) is 16.2. The molecule has 2 rings (SSSR count). The van der Waals surface area contributed by atoms with E-state index in [0.29, 0.717) is 21.4 Å². The van der Waals surface area contributed by atoms with Gasteiger partial charge in [-0.25, -0.2) is 5.26 Å². The quantitative estimate of drug-likeness (QED) is 0.175. The van der Waals surface area contributed by atoms with Crippen molar-refractivity contribution in [1.29, 1.82) is 5.26 Å². The Morgan fingerprint density at radius 1 is 1.27 bits per heavy atom. The number of rotatable bonds is 5. The van der Waals surface area contributed by atoms with E-state index in [4.69, 9.17) is 33.2 Å². The van der Waals surface area contributed by atoms with Crippen molar-refractivity contribution in [2.75, 3.05) is 6.61 Å². The van der Waals surface area contributed by atoms with Gasteiger partial charge in [0.25, 0.3) is 0 Å². The molecule has 0 spiro atoms. The number of benzene rings is 2. The molecule has 0 radical (unpaired) electrons. The molecule has 6 nitrogen and oxygen atoms in total. The summed E-state index contributed by atoms with van der Waals surface area (Å²) in [4.78, 5) is 0. The van der Waals surface area contributed by atoms with Crippen LogP contribution in [0.5, 0.6) is 11.5 Å². The minimum absolute atomic E-state index is 0. The summed E-state index contributed by atoms with van der Waals surface area (Å²) in [5, 5.41) is 35.6. The van der Waals surface area contributed by atoms with Crippen molar-refractivity contribution in [2.45, 2.75) is 0 Å². The summed E-state index contributed by atoms with van der Waals surface area (Å²) in [5.74, 6) is 0.111. The van der Waals surface area contributed by atoms with E-state index in [1.807, 2.05) is 0 Å². The van der Waals surface area contributed by atoms with Gasteiger partial charge in [0.15, 0.2) is 6.61 Å². The number of halogens is 2. The minimum atomic E-state index is -0.335. The first-order valence-corrected chi connectivity index (χ1v) is 7.80. The summed E-state index contributed by atoms with van der Waals surface area (Å²) in [6.45, 7) is -0.195. The Morgan fingerprint density at radius 2 is 1.92 bits per heavy atom. The number of nitrogens with zero attached hydrogens (tertiary/aromatic N) is 3. The molecule has 0 aliphatic rings. The first kappa shape index (κ1) is 24.0. The van der Waals surface area contributed by atoms with Crippen LogP contribution in [-0.4, -0.2) is 28.9 Å². The van der Waals surface area contributed by atoms with E-state index >= 15 is 0 Å². The maximum atomic E-state index is 9.58. The monoisotopic (exact) mass is 459 g/mol. The molecule has 0 heterocycles. The van der Waals surface area contributed by atoms with E-state index < -0.39 is 0 Å². The van der Waals surface area contributed by atoms with Crippen molar-refractivity contribution in [1.82, 2.24) is 0 Å². The Morgan fingerprint density at radius 3 is 2.54 bits per heavy atom. The summed E-state index contributed by atoms with van der Waals surface area (Å²) in [6.07, 6.45) is 1.32. The van der Waals surface area contributed by atoms with Crippen LogP contribution in [0.25, 0.3) is 0 Å². The number of phenolic OH excluding ortho intramolecular Hbond substituents is 1. The summed E-state index contributed by atoms with van der Waals surface area (Å²) >= 11 is 15.4. The molecule has 140 valence electrons. The van der Waals surface area contributed by atoms with Gasteiger partial charge < -0.3 is 27.6 Å². The van der Waals surface area contributed by atoms with Crippen LogP contribution >= 0.6 is 23.2 Å². The maximum absolute atomic E-state index is 9.58. The zero-order valence-electron chi connectivity index (χ0n) is 12.9. The summed E-state index contributed by atoms with van der Waals surface area (Å²) in [6, 6.07) is 11.4. The Labute approximate surface area is 176 Å². The third-order valence-electron chi connectivity index (χ3n) is 2.56. The number of aliphatic hydroxyl groups is 1. The van der Waals surface area contributed by atoms with Gasteiger partial charge in [-0.2, -0.15) is 5.10 Å². The number of hydrogen-bond donors (Lipinski definition) is 2. The normalized spacial score (nSPS) is 10.3. The van der Waals surface area contributed by atoms with Gasteiger partial charge >= 0.3 is 17.1 Å². The van der Waals surface area contributed by atoms with Crippen LogP contribution < -0.4 is 4.74 Å². The number of aromatic hydroxyl groups is 1. The van der Waals surface area contributed by atoms with Crippen molar-refractivity contribution >= 4 is 47.9 Å². The van der Waals surface area contributed by atoms with Gasteiger partial charge in [0.1, 0.15) is 11.5 Å². The van der Waals surface area contributed by atoms with Crippen LogP contribution in [0.2, 0.25) is 10.0 Å². The Hall–Kier alpha value is -2.01. The van der Waals surface area contributed by atoms with E-state index in [1.165, 1.54) is 23.7 Å². The van der Waals surface area contributed by atoms with Crippen molar-refractivity contribution in [2.24, 2.45) is 10.2 Å². The Bertz CT molecular complexity index is 814. The SMILES string of the molecule is N#C[S-].OC(COc1ccc(Cl)cc1Cl)=NN=Cc1ccccc1O.[Cu+]. The topological polar surface area (TPSA) is 98.2 Å². The number of thiocyanates is 1. The fourth-order valence-electron chi connectivity index (χ4n) is 1.52. The molecule has 10 heteroatoms. The largest absolute Gasteiger partial charge is 1.00 e. The van der Waals surface area contributed by atoms with E-state index in [9.17, 15) is 10.2 Å². The Kier molecular flexibility index (Phi) is 12.2. The number of ether oxygens (including phenoxy) is 1. The molecule has 2 aromatic rings. The van der Waals surface area contributed by atoms with Crippen LogP contribution in [0.4, 0.5) is 0 Å². The standard InChI is InChI=1S/C15H12Cl2N2O3.CHNS.Cu/c16-11-5-6-14(12(17)7-11)22-9-15(21)19-18-8-10-3-1-2-4-13(10)20;2-1-3;/h1-8,20H,9H2,(H,19,21);3H;/q;;+1/p-1. The van der Waals surface area contributed by atoms with Gasteiger partial charge in [0.05, 0.1) is 11.2 Å². The van der Waals surface area contributed by atoms with Crippen LogP contribution in [0.15, 0.2) is 52.7 Å². The maximum Gasteiger partial charge on any atom is 1.00 e. The number of nitriles is 1. The first-order valence-electron chi connectivity index (χ1n) is 6.64. The molecule has 26 heavy (non-hydrogen) atoms. The average Bonchev–Trinajstić information content (AvgIpc) is 2.56. The van der Waals surface area contributed by atoms with E-state index in [2.05, 4.69) is 22.8 Å². The van der Waals surface area contributed by atoms with Gasteiger partial charge in [-0.05, 0) is 30.3 Å². The number of aliphatic hydroxyl groups excluding tert-OH is 1. The third kappa shape index (κ3) is 8.90. The van der Waals surface area contributed by atoms with Crippen molar-refractivity contribution in [3.05, 3.63) is 58.1 Å². The first-order chi connectivity index (χ1) is 12.0. The molecule has 0 bridgehead atoms. The second kappa shape index (κ2) is 13.2. The van der Waals surface area contributed by atoms with Crippen molar-refractivity contribution in [3.8, 4) is 16.9 Å². The van der Waals surface area contributed by atoms with Crippen molar-refractivity contribution < 1.29 is 32.0 Å². The third-order valence-corrected chi connectivity index (χ3v) is 3.09. The molecular weight excluding hydrogens is 449 g/mol. The molecule has 2 N–H and O–H groups in total. The predicted octanol–water partition coefficient (Wildman–Crippen LogP) is 4.08. The molecule has 0 aliphatic carbocycles. The van der Waals surface area contributed by atoms with Crippen LogP contribution in [0.1, 0.15) is 5.56 Å². The van der Waals surface area contributed by atoms with Crippen molar-refractivity contribution in [3.63, 3.8) is 0 Å². The van der Waals surface area contributed by atoms with Crippen LogP contribution in [0.3, 0.4) is 0 Å². The second-order valence-corrected chi connectivity index (χ2v) is 5.30. The molecule has 0 saturated heterocycles. The molecule has 0 unspecified atom stereocenters. The van der Waals surface area contributed by atoms with Gasteiger partial charge in [-0.3, -0.25) is 0 Å². The number of hydrogen-bond acceptors (Lipinski definition) is 6. The molecular formula is C16H12Cl2CuN3O3S. The van der Waals surface area contributed by atoms with Gasteiger partial charge in [0.2, 0.25) is 5.90 Å². The molecule has 0 aliphatic heterocycles. The van der Waals surface area contributed by atoms with Gasteiger partial charge in [0, 0.05) is 10.6 Å². The zero-order chi connectivity index (χ0) is 18.7. The average molecular weight is 461 g/mol. The fraction of sp³-hybridized carbons (Fsp3) is 0.0625. The number of para-hydroxylation sites is 1. The molecule has 0 amide bonds. The molecule has 2 aromatic carbocycles. The van der Waals surface area contributed by atoms with E-state index in [0.717, 1.165) is 0 Å². The molecule has 0 aromatic heterocycles. The molecule has 0 fully saturated rings. The number of phenols is 1. The summed E-state index contributed by atoms with van der Waals surface area (Å²) in [5.41, 5.74) is 0.487. The molecule has 0 atom stereocenters. The predicted molar refractivity (Wildman–Crippen MR) is 101 cm³/mol. The summed E-state index contributed by atoms with van der Waals surface area (Å²) in [7, 11) is 0. The minimum Gasteiger partial charge on any atom is -0.696 e. The van der Waals surface area contributed by atoms with Crippen LogP contribution in [-0.2, 0) is 29.7 Å². The van der Waals surface area contributed by atoms with E-state index in [1.54, 1.807) is 30.3 Å². The van der Waals surface area contributed by atoms with E-state index in [-0.39, 0.29) is 35.3 Å². The Balaban J connectivity index is 0.00000146. The summed E-state index contributed by atoms with van der Waals surface area (Å²) < 4.78 is 5.29. The van der Waals surface area contributed by atoms with Crippen LogP contribution in [0, 0.1) is 10.7 Å². The fourth-order valence-corrected chi connectivity index (χ4v) is 1.98.